The number of nitrogens with zero attached hydrogens (tertiary/aromatic N) is 2. The SMILES string of the molecule is CC1NCCCC1N1CC(N(C)C)C1. The summed E-state index contributed by atoms with van der Waals surface area (Å²) in [5.41, 5.74) is 0. The first-order chi connectivity index (χ1) is 6.68. The zero-order valence-corrected chi connectivity index (χ0v) is 9.66. The van der Waals surface area contributed by atoms with Gasteiger partial charge in [0.1, 0.15) is 0 Å². The van der Waals surface area contributed by atoms with Crippen molar-refractivity contribution in [3.63, 3.8) is 0 Å². The quantitative estimate of drug-likeness (QED) is 0.690. The van der Waals surface area contributed by atoms with Crippen LogP contribution in [0.15, 0.2) is 0 Å². The third kappa shape index (κ3) is 1.95. The van der Waals surface area contributed by atoms with Gasteiger partial charge in [-0.25, -0.2) is 0 Å². The average molecular weight is 197 g/mol. The van der Waals surface area contributed by atoms with E-state index in [4.69, 9.17) is 0 Å². The van der Waals surface area contributed by atoms with Gasteiger partial charge in [0.2, 0.25) is 0 Å². The van der Waals surface area contributed by atoms with Gasteiger partial charge in [0.25, 0.3) is 0 Å². The lowest BCUT2D eigenvalue weighted by atomic mass is 9.93. The van der Waals surface area contributed by atoms with Crippen LogP contribution in [0.4, 0.5) is 0 Å². The Bertz CT molecular complexity index is 187. The van der Waals surface area contributed by atoms with E-state index in [1.54, 1.807) is 0 Å². The molecule has 2 atom stereocenters. The second-order valence-electron chi connectivity index (χ2n) is 5.02. The number of nitrogens with one attached hydrogen (secondary N) is 1. The van der Waals surface area contributed by atoms with Crippen LogP contribution in [0.1, 0.15) is 19.8 Å². The second kappa shape index (κ2) is 4.17. The largest absolute Gasteiger partial charge is 0.313 e. The van der Waals surface area contributed by atoms with Crippen LogP contribution in [0.5, 0.6) is 0 Å². The van der Waals surface area contributed by atoms with Crippen LogP contribution in [-0.4, -0.2) is 61.7 Å². The predicted octanol–water partition coefficient (Wildman–Crippen LogP) is 0.373. The number of hydrogen-bond donors (Lipinski definition) is 1. The minimum Gasteiger partial charge on any atom is -0.313 e. The van der Waals surface area contributed by atoms with Crippen LogP contribution < -0.4 is 5.32 Å². The van der Waals surface area contributed by atoms with Crippen LogP contribution in [0.25, 0.3) is 0 Å². The molecule has 2 aliphatic rings. The molecule has 14 heavy (non-hydrogen) atoms. The fourth-order valence-corrected chi connectivity index (χ4v) is 2.61. The van der Waals surface area contributed by atoms with E-state index < -0.39 is 0 Å². The molecule has 0 aromatic rings. The van der Waals surface area contributed by atoms with Crippen LogP contribution in [-0.2, 0) is 0 Å². The van der Waals surface area contributed by atoms with E-state index in [0.29, 0.717) is 6.04 Å². The smallest absolute Gasteiger partial charge is 0.0344 e. The fraction of sp³-hybridized carbons (Fsp3) is 1.00. The Kier molecular flexibility index (Phi) is 3.10. The van der Waals surface area contributed by atoms with Gasteiger partial charge in [-0.2, -0.15) is 0 Å². The van der Waals surface area contributed by atoms with E-state index in [0.717, 1.165) is 12.1 Å². The van der Waals surface area contributed by atoms with Crippen molar-refractivity contribution >= 4 is 0 Å². The zero-order valence-electron chi connectivity index (χ0n) is 9.66. The van der Waals surface area contributed by atoms with Crippen LogP contribution >= 0.6 is 0 Å². The Morgan fingerprint density at radius 1 is 1.29 bits per heavy atom. The van der Waals surface area contributed by atoms with Crippen molar-refractivity contribution in [3.8, 4) is 0 Å². The van der Waals surface area contributed by atoms with Gasteiger partial charge in [-0.15, -0.1) is 0 Å². The number of rotatable bonds is 2. The monoisotopic (exact) mass is 197 g/mol. The Labute approximate surface area is 87.4 Å². The summed E-state index contributed by atoms with van der Waals surface area (Å²) in [7, 11) is 4.37. The number of piperidine rings is 1. The first kappa shape index (κ1) is 10.4. The molecule has 3 heteroatoms. The minimum absolute atomic E-state index is 0.687. The zero-order chi connectivity index (χ0) is 10.1. The Morgan fingerprint density at radius 3 is 2.57 bits per heavy atom. The normalized spacial score (nSPS) is 36.0. The summed E-state index contributed by atoms with van der Waals surface area (Å²) in [5, 5.41) is 3.57. The Morgan fingerprint density at radius 2 is 2.00 bits per heavy atom. The maximum atomic E-state index is 3.57. The van der Waals surface area contributed by atoms with E-state index in [9.17, 15) is 0 Å². The summed E-state index contributed by atoms with van der Waals surface area (Å²) in [6, 6.07) is 2.27. The molecule has 2 saturated heterocycles. The summed E-state index contributed by atoms with van der Waals surface area (Å²) in [6.45, 7) is 6.07. The molecule has 2 heterocycles. The highest BCUT2D eigenvalue weighted by Crippen LogP contribution is 2.22. The van der Waals surface area contributed by atoms with Crippen molar-refractivity contribution in [2.75, 3.05) is 33.7 Å². The van der Waals surface area contributed by atoms with Crippen molar-refractivity contribution in [1.82, 2.24) is 15.1 Å². The lowest BCUT2D eigenvalue weighted by Gasteiger charge is -2.50. The number of hydrogen-bond acceptors (Lipinski definition) is 3. The maximum Gasteiger partial charge on any atom is 0.0344 e. The minimum atomic E-state index is 0.687. The topological polar surface area (TPSA) is 18.5 Å². The van der Waals surface area contributed by atoms with Gasteiger partial charge in [0, 0.05) is 31.2 Å². The predicted molar refractivity (Wildman–Crippen MR) is 59.5 cm³/mol. The molecule has 0 radical (unpaired) electrons. The third-order valence-corrected chi connectivity index (χ3v) is 3.81. The van der Waals surface area contributed by atoms with Crippen molar-refractivity contribution in [3.05, 3.63) is 0 Å². The summed E-state index contributed by atoms with van der Waals surface area (Å²) in [5.74, 6) is 0. The van der Waals surface area contributed by atoms with Crippen LogP contribution in [0.3, 0.4) is 0 Å². The molecule has 0 aromatic heterocycles. The highest BCUT2D eigenvalue weighted by atomic mass is 15.3. The van der Waals surface area contributed by atoms with Gasteiger partial charge in [-0.05, 0) is 40.4 Å². The van der Waals surface area contributed by atoms with Crippen molar-refractivity contribution < 1.29 is 0 Å². The summed E-state index contributed by atoms with van der Waals surface area (Å²) >= 11 is 0. The van der Waals surface area contributed by atoms with Crippen molar-refractivity contribution in [2.24, 2.45) is 0 Å². The molecule has 3 nitrogen and oxygen atoms in total. The fourth-order valence-electron chi connectivity index (χ4n) is 2.61. The molecule has 0 spiro atoms. The molecular formula is C11H23N3. The van der Waals surface area contributed by atoms with Gasteiger partial charge < -0.3 is 10.2 Å². The molecule has 0 bridgehead atoms. The molecule has 2 fully saturated rings. The maximum absolute atomic E-state index is 3.57. The van der Waals surface area contributed by atoms with Crippen LogP contribution in [0.2, 0.25) is 0 Å². The summed E-state index contributed by atoms with van der Waals surface area (Å²) in [4.78, 5) is 4.99. The lowest BCUT2D eigenvalue weighted by molar-refractivity contribution is 0.00547. The van der Waals surface area contributed by atoms with Gasteiger partial charge in [-0.1, -0.05) is 0 Å². The molecule has 0 saturated carbocycles. The van der Waals surface area contributed by atoms with Gasteiger partial charge >= 0.3 is 0 Å². The van der Waals surface area contributed by atoms with Gasteiger partial charge in [-0.3, -0.25) is 4.90 Å². The average Bonchev–Trinajstić information content (AvgIpc) is 2.05. The van der Waals surface area contributed by atoms with E-state index in [2.05, 4.69) is 36.1 Å². The first-order valence-corrected chi connectivity index (χ1v) is 5.82. The van der Waals surface area contributed by atoms with Gasteiger partial charge in [0.15, 0.2) is 0 Å². The molecule has 2 rings (SSSR count). The van der Waals surface area contributed by atoms with Crippen molar-refractivity contribution in [2.45, 2.75) is 37.9 Å². The van der Waals surface area contributed by atoms with E-state index in [1.165, 1.54) is 32.5 Å². The standard InChI is InChI=1S/C11H23N3/c1-9-11(5-4-6-12-9)14-7-10(8-14)13(2)3/h9-12H,4-8H2,1-3H3. The van der Waals surface area contributed by atoms with Gasteiger partial charge in [0.05, 0.1) is 0 Å². The molecule has 82 valence electrons. The molecular weight excluding hydrogens is 174 g/mol. The van der Waals surface area contributed by atoms with E-state index >= 15 is 0 Å². The lowest BCUT2D eigenvalue weighted by Crippen LogP contribution is -2.65. The molecule has 2 unspecified atom stereocenters. The summed E-state index contributed by atoms with van der Waals surface area (Å²) in [6.07, 6.45) is 2.73. The molecule has 2 aliphatic heterocycles. The molecule has 0 aliphatic carbocycles. The molecule has 0 aromatic carbocycles. The highest BCUT2D eigenvalue weighted by Gasteiger charge is 2.36. The third-order valence-electron chi connectivity index (χ3n) is 3.81. The van der Waals surface area contributed by atoms with Crippen molar-refractivity contribution in [1.29, 1.82) is 0 Å². The highest BCUT2D eigenvalue weighted by molar-refractivity contribution is 4.95. The Hall–Kier alpha value is -0.120. The second-order valence-corrected chi connectivity index (χ2v) is 5.02. The Balaban J connectivity index is 1.80. The van der Waals surface area contributed by atoms with E-state index in [1.807, 2.05) is 0 Å². The van der Waals surface area contributed by atoms with Crippen LogP contribution in [0, 0.1) is 0 Å². The summed E-state index contributed by atoms with van der Waals surface area (Å²) < 4.78 is 0. The van der Waals surface area contributed by atoms with E-state index in [-0.39, 0.29) is 0 Å². The molecule has 0 amide bonds. The first-order valence-electron chi connectivity index (χ1n) is 5.82. The number of likely N-dealkylation sites (tertiary alicyclic amines) is 1. The molecule has 1 N–H and O–H groups in total. The number of likely N-dealkylation sites (N-methyl/N-ethyl adjacent to an activating group) is 1.